The molecule has 0 radical (unpaired) electrons. The molecule has 0 saturated carbocycles. The molecule has 7 rings (SSSR count). The van der Waals surface area contributed by atoms with Crippen LogP contribution in [0.15, 0.2) is 72.8 Å². The molecule has 1 saturated heterocycles. The fourth-order valence-electron chi connectivity index (χ4n) is 6.98. The van der Waals surface area contributed by atoms with E-state index in [1.165, 1.54) is 4.90 Å². The Hall–Kier alpha value is -3.68. The van der Waals surface area contributed by atoms with Gasteiger partial charge in [-0.05, 0) is 65.8 Å². The smallest absolute Gasteiger partial charge is 0.338 e. The number of alkyl halides is 2. The van der Waals surface area contributed by atoms with Crippen LogP contribution in [0.4, 0.5) is 5.69 Å². The molecule has 3 aromatic rings. The first-order valence-corrected chi connectivity index (χ1v) is 16.0. The molecule has 228 valence electrons. The van der Waals surface area contributed by atoms with Crippen LogP contribution in [0.25, 0.3) is 0 Å². The average molecular weight is 634 g/mol. The zero-order valence-corrected chi connectivity index (χ0v) is 26.0. The predicted octanol–water partition coefficient (Wildman–Crippen LogP) is 6.74. The van der Waals surface area contributed by atoms with E-state index in [1.807, 2.05) is 55.5 Å². The summed E-state index contributed by atoms with van der Waals surface area (Å²) in [5.74, 6) is -2.71. The van der Waals surface area contributed by atoms with Crippen LogP contribution < -0.4 is 5.32 Å². The lowest BCUT2D eigenvalue weighted by Gasteiger charge is -2.54. The van der Waals surface area contributed by atoms with E-state index in [0.29, 0.717) is 37.1 Å². The molecular formula is C35H34Cl2N2O5. The molecule has 4 aliphatic rings. The number of esters is 1. The highest BCUT2D eigenvalue weighted by Crippen LogP contribution is 2.69. The van der Waals surface area contributed by atoms with Gasteiger partial charge in [-0.25, -0.2) is 4.79 Å². The zero-order chi connectivity index (χ0) is 31.1. The van der Waals surface area contributed by atoms with Gasteiger partial charge in [0.15, 0.2) is 0 Å². The highest BCUT2D eigenvalue weighted by atomic mass is 35.5. The molecule has 2 bridgehead atoms. The van der Waals surface area contributed by atoms with Crippen molar-refractivity contribution in [3.8, 4) is 0 Å². The molecule has 3 aromatic carbocycles. The van der Waals surface area contributed by atoms with Crippen molar-refractivity contribution in [2.45, 2.75) is 55.2 Å². The number of imide groups is 1. The van der Waals surface area contributed by atoms with Crippen LogP contribution in [0, 0.1) is 11.8 Å². The summed E-state index contributed by atoms with van der Waals surface area (Å²) in [6, 6.07) is 21.8. The van der Waals surface area contributed by atoms with Gasteiger partial charge in [-0.1, -0.05) is 68.3 Å². The number of carbonyl (C=O) groups excluding carboxylic acids is 4. The standard InChI is InChI=1S/C35H34Cl2N2O5/c1-2-3-21-44-33(43)22-16-18-23(19-17-22)38-28(40)15-5-4-10-20-39-31(41)29-30(32(39)42)35(37)25-12-7-6-11-24(25)34(29,36)26-13-8-9-14-27(26)35/h6-9,11-14,16-19,29-30H,2-5,10,15,20-21H2,1H3,(H,38,40)/t29-,30-,34?,35?/m1/s1. The van der Waals surface area contributed by atoms with Gasteiger partial charge in [0, 0.05) is 18.7 Å². The molecule has 3 aliphatic carbocycles. The molecule has 0 aromatic heterocycles. The quantitative estimate of drug-likeness (QED) is 0.109. The summed E-state index contributed by atoms with van der Waals surface area (Å²) in [5.41, 5.74) is 4.17. The van der Waals surface area contributed by atoms with Gasteiger partial charge in [0.05, 0.1) is 24.0 Å². The highest BCUT2D eigenvalue weighted by Gasteiger charge is 2.72. The van der Waals surface area contributed by atoms with Gasteiger partial charge in [0.2, 0.25) is 17.7 Å². The third kappa shape index (κ3) is 4.81. The van der Waals surface area contributed by atoms with E-state index in [4.69, 9.17) is 27.9 Å². The number of ether oxygens (including phenoxy) is 1. The summed E-state index contributed by atoms with van der Waals surface area (Å²) in [4.78, 5) is 51.3. The maximum Gasteiger partial charge on any atom is 0.338 e. The zero-order valence-electron chi connectivity index (χ0n) is 24.5. The van der Waals surface area contributed by atoms with Crippen molar-refractivity contribution in [2.24, 2.45) is 11.8 Å². The van der Waals surface area contributed by atoms with Crippen molar-refractivity contribution in [3.63, 3.8) is 0 Å². The highest BCUT2D eigenvalue weighted by molar-refractivity contribution is 6.36. The number of unbranched alkanes of at least 4 members (excludes halogenated alkanes) is 3. The van der Waals surface area contributed by atoms with Crippen LogP contribution in [0.1, 0.15) is 78.1 Å². The number of nitrogens with one attached hydrogen (secondary N) is 1. The number of anilines is 1. The minimum absolute atomic E-state index is 0.150. The summed E-state index contributed by atoms with van der Waals surface area (Å²) >= 11 is 14.9. The van der Waals surface area contributed by atoms with Crippen LogP contribution in [0.3, 0.4) is 0 Å². The minimum Gasteiger partial charge on any atom is -0.462 e. The van der Waals surface area contributed by atoms with Gasteiger partial charge in [-0.2, -0.15) is 0 Å². The lowest BCUT2D eigenvalue weighted by atomic mass is 9.54. The number of rotatable bonds is 11. The molecular weight excluding hydrogens is 599 g/mol. The molecule has 1 fully saturated rings. The summed E-state index contributed by atoms with van der Waals surface area (Å²) in [5, 5.41) is 2.84. The number of amides is 3. The monoisotopic (exact) mass is 632 g/mol. The molecule has 2 atom stereocenters. The van der Waals surface area contributed by atoms with Crippen LogP contribution in [0.2, 0.25) is 0 Å². The van der Waals surface area contributed by atoms with E-state index >= 15 is 0 Å². The van der Waals surface area contributed by atoms with Gasteiger partial charge in [0.1, 0.15) is 9.75 Å². The summed E-state index contributed by atoms with van der Waals surface area (Å²) in [6.07, 6.45) is 3.85. The minimum atomic E-state index is -1.18. The van der Waals surface area contributed by atoms with Crippen LogP contribution in [0.5, 0.6) is 0 Å². The van der Waals surface area contributed by atoms with Gasteiger partial charge in [-0.3, -0.25) is 19.3 Å². The van der Waals surface area contributed by atoms with Gasteiger partial charge in [-0.15, -0.1) is 23.2 Å². The summed E-state index contributed by atoms with van der Waals surface area (Å²) < 4.78 is 5.21. The van der Waals surface area contributed by atoms with Crippen molar-refractivity contribution < 1.29 is 23.9 Å². The maximum atomic E-state index is 13.9. The maximum absolute atomic E-state index is 13.9. The van der Waals surface area contributed by atoms with E-state index in [1.54, 1.807) is 24.3 Å². The number of benzene rings is 3. The van der Waals surface area contributed by atoms with E-state index in [2.05, 4.69) is 5.32 Å². The molecule has 0 unspecified atom stereocenters. The first-order valence-electron chi connectivity index (χ1n) is 15.2. The molecule has 1 heterocycles. The molecule has 0 spiro atoms. The Kier molecular flexibility index (Phi) is 8.29. The SMILES string of the molecule is CCCCOC(=O)c1ccc(NC(=O)CCCCCN2C(=O)[C@H]3[C@H](C2=O)C2(Cl)c4ccccc4C3(Cl)c3ccccc32)cc1. The van der Waals surface area contributed by atoms with Crippen LogP contribution >= 0.6 is 23.2 Å². The second-order valence-corrected chi connectivity index (χ2v) is 12.9. The van der Waals surface area contributed by atoms with Crippen molar-refractivity contribution in [3.05, 3.63) is 101 Å². The number of hydrogen-bond acceptors (Lipinski definition) is 5. The fraction of sp³-hybridized carbons (Fsp3) is 0.371. The second kappa shape index (κ2) is 12.0. The Bertz CT molecular complexity index is 1500. The molecule has 44 heavy (non-hydrogen) atoms. The molecule has 1 aliphatic heterocycles. The second-order valence-electron chi connectivity index (χ2n) is 11.7. The van der Waals surface area contributed by atoms with Crippen molar-refractivity contribution >= 4 is 52.6 Å². The molecule has 3 amide bonds. The lowest BCUT2D eigenvalue weighted by molar-refractivity contribution is -0.140. The van der Waals surface area contributed by atoms with Gasteiger partial charge in [0.25, 0.3) is 0 Å². The predicted molar refractivity (Wildman–Crippen MR) is 169 cm³/mol. The summed E-state index contributed by atoms with van der Waals surface area (Å²) in [6.45, 7) is 2.66. The van der Waals surface area contributed by atoms with E-state index in [9.17, 15) is 19.2 Å². The normalized spacial score (nSPS) is 24.5. The van der Waals surface area contributed by atoms with Crippen molar-refractivity contribution in [1.29, 1.82) is 0 Å². The summed E-state index contributed by atoms with van der Waals surface area (Å²) in [7, 11) is 0. The Morgan fingerprint density at radius 3 is 1.80 bits per heavy atom. The van der Waals surface area contributed by atoms with Gasteiger partial charge >= 0.3 is 5.97 Å². The first-order chi connectivity index (χ1) is 21.2. The number of hydrogen-bond donors (Lipinski definition) is 1. The Morgan fingerprint density at radius 1 is 0.773 bits per heavy atom. The van der Waals surface area contributed by atoms with Crippen LogP contribution in [-0.2, 0) is 28.9 Å². The number of carbonyl (C=O) groups is 4. The number of halogens is 2. The number of nitrogens with zero attached hydrogens (tertiary/aromatic N) is 1. The van der Waals surface area contributed by atoms with E-state index in [-0.39, 0.29) is 36.7 Å². The first kappa shape index (κ1) is 30.4. The van der Waals surface area contributed by atoms with E-state index in [0.717, 1.165) is 35.1 Å². The largest absolute Gasteiger partial charge is 0.462 e. The third-order valence-corrected chi connectivity index (χ3v) is 10.4. The Labute approximate surface area is 266 Å². The third-order valence-electron chi connectivity index (χ3n) is 9.10. The molecule has 9 heteroatoms. The van der Waals surface area contributed by atoms with E-state index < -0.39 is 21.6 Å². The topological polar surface area (TPSA) is 92.8 Å². The Morgan fingerprint density at radius 2 is 1.30 bits per heavy atom. The van der Waals surface area contributed by atoms with Crippen molar-refractivity contribution in [2.75, 3.05) is 18.5 Å². The molecule has 7 nitrogen and oxygen atoms in total. The fourth-order valence-corrected chi connectivity index (χ4v) is 8.08. The Balaban J connectivity index is 1.05. The molecule has 1 N–H and O–H groups in total. The average Bonchev–Trinajstić information content (AvgIpc) is 3.30. The van der Waals surface area contributed by atoms with Crippen LogP contribution in [-0.4, -0.2) is 41.7 Å². The van der Waals surface area contributed by atoms with Gasteiger partial charge < -0.3 is 10.1 Å². The number of likely N-dealkylation sites (tertiary alicyclic amines) is 1. The lowest BCUT2D eigenvalue weighted by Crippen LogP contribution is -2.57. The van der Waals surface area contributed by atoms with Crippen molar-refractivity contribution in [1.82, 2.24) is 4.90 Å².